The topological polar surface area (TPSA) is 108 Å². The Morgan fingerprint density at radius 1 is 0.806 bits per heavy atom. The highest BCUT2D eigenvalue weighted by Crippen LogP contribution is 2.44. The van der Waals surface area contributed by atoms with Crippen LogP contribution in [0.3, 0.4) is 0 Å². The van der Waals surface area contributed by atoms with Gasteiger partial charge in [0.05, 0.1) is 39.6 Å². The second kappa shape index (κ2) is 9.42. The van der Waals surface area contributed by atoms with E-state index in [4.69, 9.17) is 9.47 Å². The van der Waals surface area contributed by atoms with Gasteiger partial charge in [0, 0.05) is 0 Å². The highest BCUT2D eigenvalue weighted by molar-refractivity contribution is 5.99. The minimum Gasteiger partial charge on any atom is -0.469 e. The fourth-order valence-electron chi connectivity index (χ4n) is 3.88. The Balaban J connectivity index is 1.97. The Morgan fingerprint density at radius 2 is 1.32 bits per heavy atom. The molecule has 162 valence electrons. The molecule has 0 saturated carbocycles. The number of fused-ring (bicyclic) bond motifs is 3. The maximum Gasteiger partial charge on any atom is 0.329 e. The molecule has 0 heterocycles. The van der Waals surface area contributed by atoms with Gasteiger partial charge < -0.3 is 19.5 Å². The summed E-state index contributed by atoms with van der Waals surface area (Å²) in [6, 6.07) is 13.5. The van der Waals surface area contributed by atoms with Crippen LogP contribution in [0.5, 0.6) is 0 Å². The van der Waals surface area contributed by atoms with Gasteiger partial charge in [-0.1, -0.05) is 48.5 Å². The van der Waals surface area contributed by atoms with Crippen LogP contribution in [0.1, 0.15) is 23.5 Å². The third-order valence-corrected chi connectivity index (χ3v) is 5.37. The molecule has 1 N–H and O–H groups in total. The van der Waals surface area contributed by atoms with E-state index in [1.165, 1.54) is 0 Å². The number of carbonyl (C=O) groups is 4. The number of esters is 3. The average Bonchev–Trinajstić information content (AvgIpc) is 3.14. The minimum atomic E-state index is -1.43. The van der Waals surface area contributed by atoms with E-state index in [9.17, 15) is 19.2 Å². The monoisotopic (exact) mass is 425 g/mol. The lowest BCUT2D eigenvalue weighted by atomic mass is 9.92. The molecule has 0 saturated heterocycles. The molecule has 8 nitrogen and oxygen atoms in total. The number of hydrogen-bond donors (Lipinski definition) is 1. The van der Waals surface area contributed by atoms with E-state index in [1.807, 2.05) is 48.5 Å². The van der Waals surface area contributed by atoms with E-state index in [1.54, 1.807) is 0 Å². The number of carbonyl (C=O) groups excluding carboxylic acids is 4. The number of methoxy groups -OCH3 is 3. The molecule has 0 radical (unpaired) electrons. The van der Waals surface area contributed by atoms with Crippen LogP contribution in [0, 0.1) is 5.92 Å². The largest absolute Gasteiger partial charge is 0.469 e. The SMILES string of the molecule is COC(=O)C[C@@H](C(=O)OC)[C@H](NC(=O)C1c2ccccc2-c2ccccc21)C(=O)OC. The molecule has 0 fully saturated rings. The first-order chi connectivity index (χ1) is 14.9. The van der Waals surface area contributed by atoms with Crippen molar-refractivity contribution >= 4 is 23.8 Å². The summed E-state index contributed by atoms with van der Waals surface area (Å²) in [5.74, 6) is -4.92. The van der Waals surface area contributed by atoms with Crippen molar-refractivity contribution in [1.82, 2.24) is 5.32 Å². The van der Waals surface area contributed by atoms with Crippen LogP contribution < -0.4 is 5.32 Å². The average molecular weight is 425 g/mol. The summed E-state index contributed by atoms with van der Waals surface area (Å²) in [7, 11) is 3.43. The lowest BCUT2D eigenvalue weighted by Gasteiger charge is -2.25. The lowest BCUT2D eigenvalue weighted by molar-refractivity contribution is -0.159. The van der Waals surface area contributed by atoms with Gasteiger partial charge in [-0.25, -0.2) is 4.79 Å². The van der Waals surface area contributed by atoms with Gasteiger partial charge in [-0.15, -0.1) is 0 Å². The van der Waals surface area contributed by atoms with Crippen LogP contribution >= 0.6 is 0 Å². The zero-order chi connectivity index (χ0) is 22.5. The van der Waals surface area contributed by atoms with E-state index in [2.05, 4.69) is 10.1 Å². The Morgan fingerprint density at radius 3 is 1.81 bits per heavy atom. The van der Waals surface area contributed by atoms with Gasteiger partial charge in [-0.3, -0.25) is 14.4 Å². The van der Waals surface area contributed by atoms with Gasteiger partial charge >= 0.3 is 17.9 Å². The molecule has 0 spiro atoms. The Bertz CT molecular complexity index is 971. The number of amides is 1. The molecule has 1 amide bonds. The van der Waals surface area contributed by atoms with Crippen molar-refractivity contribution in [2.45, 2.75) is 18.4 Å². The van der Waals surface area contributed by atoms with E-state index < -0.39 is 48.1 Å². The molecule has 1 aliphatic rings. The second-order valence-electron chi connectivity index (χ2n) is 7.03. The number of rotatable bonds is 7. The molecular weight excluding hydrogens is 402 g/mol. The molecule has 2 atom stereocenters. The lowest BCUT2D eigenvalue weighted by Crippen LogP contribution is -2.51. The number of ether oxygens (including phenoxy) is 3. The van der Waals surface area contributed by atoms with Crippen molar-refractivity contribution < 1.29 is 33.4 Å². The summed E-state index contributed by atoms with van der Waals surface area (Å²) >= 11 is 0. The molecule has 1 aliphatic carbocycles. The third-order valence-electron chi connectivity index (χ3n) is 5.37. The number of benzene rings is 2. The van der Waals surface area contributed by atoms with Gasteiger partial charge in [0.1, 0.15) is 6.04 Å². The van der Waals surface area contributed by atoms with Crippen molar-refractivity contribution in [3.8, 4) is 11.1 Å². The molecule has 0 bridgehead atoms. The van der Waals surface area contributed by atoms with Crippen LogP contribution in [0.4, 0.5) is 0 Å². The number of nitrogens with one attached hydrogen (secondary N) is 1. The molecule has 2 aromatic carbocycles. The quantitative estimate of drug-likeness (QED) is 0.532. The normalized spacial score (nSPS) is 13.9. The first-order valence-electron chi connectivity index (χ1n) is 9.64. The highest BCUT2D eigenvalue weighted by atomic mass is 16.5. The van der Waals surface area contributed by atoms with Crippen molar-refractivity contribution in [3.05, 3.63) is 59.7 Å². The Kier molecular flexibility index (Phi) is 6.69. The Hall–Kier alpha value is -3.68. The highest BCUT2D eigenvalue weighted by Gasteiger charge is 2.41. The molecular formula is C23H23NO7. The maximum atomic E-state index is 13.4. The van der Waals surface area contributed by atoms with Crippen molar-refractivity contribution in [2.75, 3.05) is 21.3 Å². The second-order valence-corrected chi connectivity index (χ2v) is 7.03. The molecule has 8 heteroatoms. The van der Waals surface area contributed by atoms with E-state index in [0.29, 0.717) is 0 Å². The fraction of sp³-hybridized carbons (Fsp3) is 0.304. The summed E-state index contributed by atoms with van der Waals surface area (Å²) in [6.45, 7) is 0. The van der Waals surface area contributed by atoms with Crippen molar-refractivity contribution in [1.29, 1.82) is 0 Å². The molecule has 0 aliphatic heterocycles. The fourth-order valence-corrected chi connectivity index (χ4v) is 3.88. The molecule has 31 heavy (non-hydrogen) atoms. The zero-order valence-electron chi connectivity index (χ0n) is 17.4. The summed E-state index contributed by atoms with van der Waals surface area (Å²) in [4.78, 5) is 50.0. The number of hydrogen-bond acceptors (Lipinski definition) is 7. The van der Waals surface area contributed by atoms with E-state index in [-0.39, 0.29) is 0 Å². The first kappa shape index (κ1) is 22.0. The standard InChI is InChI=1S/C23H23NO7/c1-29-18(25)12-17(22(27)30-2)20(23(28)31-3)24-21(26)19-15-10-6-4-8-13(15)14-9-5-7-11-16(14)19/h4-11,17,19-20H,12H2,1-3H3,(H,24,26)/t17-,20+/m1/s1. The zero-order valence-corrected chi connectivity index (χ0v) is 17.4. The van der Waals surface area contributed by atoms with Gasteiger partial charge in [0.15, 0.2) is 0 Å². The van der Waals surface area contributed by atoms with Gasteiger partial charge in [-0.2, -0.15) is 0 Å². The Labute approximate surface area is 179 Å². The molecule has 0 unspecified atom stereocenters. The summed E-state index contributed by atoms with van der Waals surface area (Å²) in [6.07, 6.45) is -0.457. The predicted octanol–water partition coefficient (Wildman–Crippen LogP) is 1.81. The minimum absolute atomic E-state index is 0.457. The van der Waals surface area contributed by atoms with Gasteiger partial charge in [0.25, 0.3) is 0 Å². The summed E-state index contributed by atoms with van der Waals surface area (Å²) < 4.78 is 14.2. The molecule has 3 rings (SSSR count). The molecule has 0 aromatic heterocycles. The van der Waals surface area contributed by atoms with E-state index in [0.717, 1.165) is 43.6 Å². The van der Waals surface area contributed by atoms with Crippen LogP contribution in [-0.2, 0) is 33.4 Å². The summed E-state index contributed by atoms with van der Waals surface area (Å²) in [5, 5.41) is 2.61. The smallest absolute Gasteiger partial charge is 0.329 e. The third kappa shape index (κ3) is 4.28. The van der Waals surface area contributed by atoms with Crippen LogP contribution in [0.25, 0.3) is 11.1 Å². The van der Waals surface area contributed by atoms with Crippen molar-refractivity contribution in [3.63, 3.8) is 0 Å². The van der Waals surface area contributed by atoms with Crippen LogP contribution in [0.2, 0.25) is 0 Å². The summed E-state index contributed by atoms with van der Waals surface area (Å²) in [5.41, 5.74) is 3.42. The van der Waals surface area contributed by atoms with Crippen LogP contribution in [0.15, 0.2) is 48.5 Å². The van der Waals surface area contributed by atoms with Crippen LogP contribution in [-0.4, -0.2) is 51.2 Å². The maximum absolute atomic E-state index is 13.4. The van der Waals surface area contributed by atoms with Gasteiger partial charge in [-0.05, 0) is 22.3 Å². The first-order valence-corrected chi connectivity index (χ1v) is 9.64. The van der Waals surface area contributed by atoms with Crippen molar-refractivity contribution in [2.24, 2.45) is 5.92 Å². The van der Waals surface area contributed by atoms with E-state index >= 15 is 0 Å². The predicted molar refractivity (Wildman–Crippen MR) is 110 cm³/mol. The van der Waals surface area contributed by atoms with Gasteiger partial charge in [0.2, 0.25) is 5.91 Å². The molecule has 2 aromatic rings.